The molecule has 0 fully saturated rings. The smallest absolute Gasteiger partial charge is 0.339 e. The monoisotopic (exact) mass is 372 g/mol. The van der Waals surface area contributed by atoms with Crippen molar-refractivity contribution in [1.29, 1.82) is 0 Å². The molecule has 6 heteroatoms. The van der Waals surface area contributed by atoms with Crippen LogP contribution >= 0.6 is 0 Å². The Labute approximate surface area is 152 Å². The average molecular weight is 372 g/mol. The van der Waals surface area contributed by atoms with E-state index in [9.17, 15) is 13.2 Å². The van der Waals surface area contributed by atoms with E-state index >= 15 is 0 Å². The topological polar surface area (TPSA) is 73.6 Å². The maximum atomic E-state index is 12.5. The number of fused-ring (bicyclic) bond motifs is 1. The van der Waals surface area contributed by atoms with Gasteiger partial charge in [0.1, 0.15) is 16.2 Å². The number of rotatable bonds is 5. The Kier molecular flexibility index (Phi) is 4.87. The fourth-order valence-corrected chi connectivity index (χ4v) is 3.83. The van der Waals surface area contributed by atoms with E-state index in [1.165, 1.54) is 18.2 Å². The molecule has 136 valence electrons. The van der Waals surface area contributed by atoms with Crippen LogP contribution in [0.4, 0.5) is 0 Å². The highest BCUT2D eigenvalue weighted by molar-refractivity contribution is 7.87. The summed E-state index contributed by atoms with van der Waals surface area (Å²) in [6.07, 6.45) is 1.63. The maximum Gasteiger partial charge on any atom is 0.339 e. The molecule has 1 heterocycles. The number of hydrogen-bond donors (Lipinski definition) is 0. The van der Waals surface area contributed by atoms with Gasteiger partial charge in [0.25, 0.3) is 0 Å². The van der Waals surface area contributed by atoms with Crippen LogP contribution in [-0.4, -0.2) is 8.42 Å². The SMILES string of the molecule is CCCc1cc(=O)oc2c(C)c(OS(=O)(=O)c3ccc(C)cc3)ccc12. The minimum absolute atomic E-state index is 0.0729. The van der Waals surface area contributed by atoms with Gasteiger partial charge in [0, 0.05) is 17.0 Å². The van der Waals surface area contributed by atoms with E-state index in [-0.39, 0.29) is 10.6 Å². The molecule has 0 saturated heterocycles. The third-order valence-corrected chi connectivity index (χ3v) is 5.47. The van der Waals surface area contributed by atoms with Gasteiger partial charge < -0.3 is 8.60 Å². The van der Waals surface area contributed by atoms with Crippen LogP contribution in [0.25, 0.3) is 11.0 Å². The first kappa shape index (κ1) is 18.2. The largest absolute Gasteiger partial charge is 0.422 e. The highest BCUT2D eigenvalue weighted by atomic mass is 32.2. The Hall–Kier alpha value is -2.60. The molecule has 0 N–H and O–H groups in total. The van der Waals surface area contributed by atoms with Crippen LogP contribution in [0.1, 0.15) is 30.0 Å². The Morgan fingerprint density at radius 3 is 2.38 bits per heavy atom. The quantitative estimate of drug-likeness (QED) is 0.497. The summed E-state index contributed by atoms with van der Waals surface area (Å²) in [6, 6.07) is 11.2. The van der Waals surface area contributed by atoms with E-state index in [2.05, 4.69) is 0 Å². The average Bonchev–Trinajstić information content (AvgIpc) is 2.58. The van der Waals surface area contributed by atoms with Gasteiger partial charge in [-0.15, -0.1) is 0 Å². The van der Waals surface area contributed by atoms with Gasteiger partial charge in [0.15, 0.2) is 0 Å². The molecule has 5 nitrogen and oxygen atoms in total. The molecule has 0 spiro atoms. The Balaban J connectivity index is 2.07. The highest BCUT2D eigenvalue weighted by Gasteiger charge is 2.20. The van der Waals surface area contributed by atoms with Gasteiger partial charge in [0.05, 0.1) is 0 Å². The lowest BCUT2D eigenvalue weighted by molar-refractivity contribution is 0.482. The fraction of sp³-hybridized carbons (Fsp3) is 0.250. The van der Waals surface area contributed by atoms with Crippen LogP contribution in [0.3, 0.4) is 0 Å². The zero-order chi connectivity index (χ0) is 18.9. The van der Waals surface area contributed by atoms with E-state index in [0.29, 0.717) is 11.1 Å². The van der Waals surface area contributed by atoms with Crippen molar-refractivity contribution >= 4 is 21.1 Å². The molecule has 1 aromatic heterocycles. The second-order valence-corrected chi connectivity index (χ2v) is 7.80. The van der Waals surface area contributed by atoms with Crippen molar-refractivity contribution in [3.8, 4) is 5.75 Å². The van der Waals surface area contributed by atoms with Crippen molar-refractivity contribution in [3.05, 3.63) is 69.6 Å². The van der Waals surface area contributed by atoms with E-state index < -0.39 is 15.7 Å². The van der Waals surface area contributed by atoms with Gasteiger partial charge in [-0.05, 0) is 50.1 Å². The first-order valence-electron chi connectivity index (χ1n) is 8.39. The molecule has 3 aromatic rings. The molecule has 0 amide bonds. The molecule has 0 aliphatic carbocycles. The summed E-state index contributed by atoms with van der Waals surface area (Å²) < 4.78 is 35.7. The summed E-state index contributed by atoms with van der Waals surface area (Å²) in [4.78, 5) is 11.9. The summed E-state index contributed by atoms with van der Waals surface area (Å²) in [5, 5.41) is 0.795. The molecule has 0 aliphatic heterocycles. The normalized spacial score (nSPS) is 11.7. The van der Waals surface area contributed by atoms with E-state index in [4.69, 9.17) is 8.60 Å². The lowest BCUT2D eigenvalue weighted by atomic mass is 10.0. The molecular formula is C20H20O5S. The first-order chi connectivity index (χ1) is 12.3. The minimum atomic E-state index is -3.97. The minimum Gasteiger partial charge on any atom is -0.422 e. The first-order valence-corrected chi connectivity index (χ1v) is 9.80. The zero-order valence-electron chi connectivity index (χ0n) is 14.9. The van der Waals surface area contributed by atoms with Crippen molar-refractivity contribution in [1.82, 2.24) is 0 Å². The molecule has 0 radical (unpaired) electrons. The van der Waals surface area contributed by atoms with Crippen LogP contribution in [-0.2, 0) is 16.5 Å². The summed E-state index contributed by atoms with van der Waals surface area (Å²) in [5.41, 5.74) is 2.22. The second kappa shape index (κ2) is 6.96. The highest BCUT2D eigenvalue weighted by Crippen LogP contribution is 2.30. The third kappa shape index (κ3) is 3.51. The maximum absolute atomic E-state index is 12.5. The Morgan fingerprint density at radius 2 is 1.73 bits per heavy atom. The molecule has 26 heavy (non-hydrogen) atoms. The molecule has 0 aliphatic rings. The van der Waals surface area contributed by atoms with E-state index in [1.54, 1.807) is 31.2 Å². The van der Waals surface area contributed by atoms with E-state index in [1.807, 2.05) is 13.8 Å². The van der Waals surface area contributed by atoms with Crippen molar-refractivity contribution in [2.75, 3.05) is 0 Å². The molecule has 0 saturated carbocycles. The van der Waals surface area contributed by atoms with Crippen LogP contribution in [0.5, 0.6) is 5.75 Å². The molecule has 2 aromatic carbocycles. The Morgan fingerprint density at radius 1 is 1.04 bits per heavy atom. The van der Waals surface area contributed by atoms with Gasteiger partial charge in [0.2, 0.25) is 0 Å². The van der Waals surface area contributed by atoms with Crippen LogP contribution in [0.2, 0.25) is 0 Å². The van der Waals surface area contributed by atoms with Crippen LogP contribution in [0, 0.1) is 13.8 Å². The molecule has 3 rings (SSSR count). The summed E-state index contributed by atoms with van der Waals surface area (Å²) >= 11 is 0. The van der Waals surface area contributed by atoms with Crippen molar-refractivity contribution in [3.63, 3.8) is 0 Å². The van der Waals surface area contributed by atoms with Crippen molar-refractivity contribution in [2.45, 2.75) is 38.5 Å². The van der Waals surface area contributed by atoms with Crippen molar-refractivity contribution in [2.24, 2.45) is 0 Å². The summed E-state index contributed by atoms with van der Waals surface area (Å²) in [7, 11) is -3.97. The zero-order valence-corrected chi connectivity index (χ0v) is 15.7. The van der Waals surface area contributed by atoms with Gasteiger partial charge in [-0.2, -0.15) is 8.42 Å². The van der Waals surface area contributed by atoms with Gasteiger partial charge in [-0.3, -0.25) is 0 Å². The molecule has 0 atom stereocenters. The number of aryl methyl sites for hydroxylation is 3. The summed E-state index contributed by atoms with van der Waals surface area (Å²) in [6.45, 7) is 5.58. The molecule has 0 unspecified atom stereocenters. The molecule has 0 bridgehead atoms. The van der Waals surface area contributed by atoms with Gasteiger partial charge >= 0.3 is 15.7 Å². The number of benzene rings is 2. The lowest BCUT2D eigenvalue weighted by Crippen LogP contribution is -2.11. The van der Waals surface area contributed by atoms with Gasteiger partial charge in [-0.25, -0.2) is 4.79 Å². The summed E-state index contributed by atoms with van der Waals surface area (Å²) in [5.74, 6) is 0.148. The Bertz CT molecular complexity index is 1110. The predicted molar refractivity (Wildman–Crippen MR) is 100 cm³/mol. The van der Waals surface area contributed by atoms with E-state index in [0.717, 1.165) is 29.4 Å². The lowest BCUT2D eigenvalue weighted by Gasteiger charge is -2.12. The second-order valence-electron chi connectivity index (χ2n) is 6.26. The number of hydrogen-bond acceptors (Lipinski definition) is 5. The fourth-order valence-electron chi connectivity index (χ4n) is 2.85. The van der Waals surface area contributed by atoms with Crippen molar-refractivity contribution < 1.29 is 17.0 Å². The standard InChI is InChI=1S/C20H20O5S/c1-4-5-15-12-19(21)24-20-14(3)18(11-10-17(15)20)25-26(22,23)16-8-6-13(2)7-9-16/h6-12H,4-5H2,1-3H3. The predicted octanol–water partition coefficient (Wildman–Crippen LogP) is 4.13. The van der Waals surface area contributed by atoms with Gasteiger partial charge in [-0.1, -0.05) is 31.0 Å². The van der Waals surface area contributed by atoms with Crippen LogP contribution < -0.4 is 9.81 Å². The van der Waals surface area contributed by atoms with Crippen LogP contribution in [0.15, 0.2) is 56.6 Å². The third-order valence-electron chi connectivity index (χ3n) is 4.23. The molecular weight excluding hydrogens is 352 g/mol.